The van der Waals surface area contributed by atoms with Crippen molar-refractivity contribution in [2.24, 2.45) is 5.92 Å². The maximum absolute atomic E-state index is 13.6. The molecule has 0 saturated carbocycles. The first-order valence-electron chi connectivity index (χ1n) is 11.3. The van der Waals surface area contributed by atoms with E-state index in [9.17, 15) is 28.9 Å². The first-order chi connectivity index (χ1) is 17.6. The number of hydrogen-bond donors (Lipinski definition) is 3. The molecule has 190 valence electrons. The molecule has 0 radical (unpaired) electrons. The van der Waals surface area contributed by atoms with Gasteiger partial charge in [-0.05, 0) is 52.4 Å². The van der Waals surface area contributed by atoms with Crippen molar-refractivity contribution in [3.63, 3.8) is 0 Å². The highest BCUT2D eigenvalue weighted by molar-refractivity contribution is 7.42. The van der Waals surface area contributed by atoms with Gasteiger partial charge in [0.2, 0.25) is 6.79 Å². The maximum Gasteiger partial charge on any atom is 0.541 e. The second-order valence-electron chi connectivity index (χ2n) is 8.82. The van der Waals surface area contributed by atoms with Crippen molar-refractivity contribution in [1.82, 2.24) is 4.98 Å². The molecule has 2 aromatic carbocycles. The highest BCUT2D eigenvalue weighted by Gasteiger charge is 2.72. The number of nitrogens with zero attached hydrogens (tertiary/aromatic N) is 1. The minimum Gasteiger partial charge on any atom is -0.477 e. The van der Waals surface area contributed by atoms with Crippen LogP contribution in [0.2, 0.25) is 0 Å². The number of aliphatic hydroxyl groups is 1. The first-order valence-corrected chi connectivity index (χ1v) is 12.6. The topological polar surface area (TPSA) is 126 Å². The van der Waals surface area contributed by atoms with Crippen molar-refractivity contribution < 1.29 is 38.3 Å². The number of aliphatic carboxylic acids is 1. The van der Waals surface area contributed by atoms with Crippen molar-refractivity contribution in [1.29, 1.82) is 0 Å². The molecular formula is C27H24FNO7P+. The van der Waals surface area contributed by atoms with Gasteiger partial charge >= 0.3 is 19.2 Å². The molecule has 3 unspecified atom stereocenters. The standard InChI is InChI=1S/C27H23FNO7P/c1-17(2)13-14-27(25(30)31,37(33)34)26(32,15-18-9-11-19(28)12-10-18)23-8-4-6-21(29-23)20-5-3-7-22-24(20)36-16-35-22/h3-12,17,32H,15-16H2,1-2H3,(H-,30,31,33,34)/p+1. The van der Waals surface area contributed by atoms with Crippen molar-refractivity contribution in [2.75, 3.05) is 6.79 Å². The van der Waals surface area contributed by atoms with Gasteiger partial charge in [0.25, 0.3) is 0 Å². The zero-order chi connectivity index (χ0) is 26.8. The van der Waals surface area contributed by atoms with Crippen LogP contribution in [-0.2, 0) is 21.4 Å². The van der Waals surface area contributed by atoms with Gasteiger partial charge in [-0.25, -0.2) is 14.2 Å². The lowest BCUT2D eigenvalue weighted by atomic mass is 9.78. The van der Waals surface area contributed by atoms with Crippen LogP contribution < -0.4 is 9.47 Å². The largest absolute Gasteiger partial charge is 0.541 e. The van der Waals surface area contributed by atoms with Gasteiger partial charge in [0.15, 0.2) is 17.1 Å². The number of carboxylic acids is 1. The Morgan fingerprint density at radius 1 is 1.14 bits per heavy atom. The van der Waals surface area contributed by atoms with E-state index in [-0.39, 0.29) is 18.4 Å². The van der Waals surface area contributed by atoms with Gasteiger partial charge in [0, 0.05) is 17.9 Å². The molecule has 3 aromatic rings. The van der Waals surface area contributed by atoms with Crippen LogP contribution in [0.4, 0.5) is 4.39 Å². The van der Waals surface area contributed by atoms with E-state index >= 15 is 0 Å². The average molecular weight is 524 g/mol. The third-order valence-electron chi connectivity index (χ3n) is 5.96. The minimum absolute atomic E-state index is 0.0123. The Kier molecular flexibility index (Phi) is 7.28. The molecular weight excluding hydrogens is 500 g/mol. The fraction of sp³-hybridized carbons (Fsp3) is 0.259. The lowest BCUT2D eigenvalue weighted by Gasteiger charge is -2.33. The predicted molar refractivity (Wildman–Crippen MR) is 133 cm³/mol. The van der Waals surface area contributed by atoms with E-state index in [2.05, 4.69) is 16.8 Å². The second-order valence-corrected chi connectivity index (χ2v) is 10.0. The third kappa shape index (κ3) is 4.79. The second kappa shape index (κ2) is 10.3. The fourth-order valence-electron chi connectivity index (χ4n) is 4.12. The van der Waals surface area contributed by atoms with Crippen molar-refractivity contribution in [3.05, 3.63) is 77.7 Å². The van der Waals surface area contributed by atoms with Crippen LogP contribution >= 0.6 is 8.03 Å². The van der Waals surface area contributed by atoms with E-state index < -0.39 is 37.0 Å². The Morgan fingerprint density at radius 2 is 1.84 bits per heavy atom. The van der Waals surface area contributed by atoms with E-state index in [1.54, 1.807) is 38.1 Å². The molecule has 3 N–H and O–H groups in total. The summed E-state index contributed by atoms with van der Waals surface area (Å²) in [6.07, 6.45) is -0.489. The molecule has 1 aliphatic rings. The molecule has 2 heterocycles. The van der Waals surface area contributed by atoms with Gasteiger partial charge < -0.3 is 19.7 Å². The summed E-state index contributed by atoms with van der Waals surface area (Å²) in [5.74, 6) is 3.27. The highest BCUT2D eigenvalue weighted by atomic mass is 31.1. The number of pyridine rings is 1. The Hall–Kier alpha value is -3.83. The lowest BCUT2D eigenvalue weighted by molar-refractivity contribution is -0.146. The number of fused-ring (bicyclic) bond motifs is 1. The molecule has 1 aromatic heterocycles. The third-order valence-corrected chi connectivity index (χ3v) is 7.20. The van der Waals surface area contributed by atoms with Crippen LogP contribution in [0.5, 0.6) is 11.5 Å². The van der Waals surface area contributed by atoms with E-state index in [4.69, 9.17) is 9.47 Å². The molecule has 1 aliphatic heterocycles. The molecule has 0 spiro atoms. The molecule has 0 saturated heterocycles. The van der Waals surface area contributed by atoms with Crippen LogP contribution in [0, 0.1) is 23.6 Å². The smallest absolute Gasteiger partial charge is 0.477 e. The summed E-state index contributed by atoms with van der Waals surface area (Å²) < 4.78 is 37.4. The van der Waals surface area contributed by atoms with Crippen molar-refractivity contribution in [3.8, 4) is 34.6 Å². The predicted octanol–water partition coefficient (Wildman–Crippen LogP) is 4.26. The van der Waals surface area contributed by atoms with E-state index in [0.717, 1.165) is 12.1 Å². The minimum atomic E-state index is -3.63. The van der Waals surface area contributed by atoms with Crippen LogP contribution in [-0.4, -0.2) is 38.0 Å². The number of halogens is 1. The van der Waals surface area contributed by atoms with Crippen molar-refractivity contribution in [2.45, 2.75) is 31.0 Å². The molecule has 37 heavy (non-hydrogen) atoms. The summed E-state index contributed by atoms with van der Waals surface area (Å²) in [4.78, 5) is 27.7. The van der Waals surface area contributed by atoms with Gasteiger partial charge in [0.05, 0.1) is 11.4 Å². The molecule has 4 rings (SSSR count). The van der Waals surface area contributed by atoms with Crippen LogP contribution in [0.1, 0.15) is 25.1 Å². The number of hydrogen-bond acceptors (Lipinski definition) is 6. The zero-order valence-electron chi connectivity index (χ0n) is 20.0. The van der Waals surface area contributed by atoms with Gasteiger partial charge in [-0.15, -0.1) is 0 Å². The lowest BCUT2D eigenvalue weighted by Crippen LogP contribution is -2.55. The number of benzene rings is 2. The Labute approximate surface area is 213 Å². The molecule has 0 fully saturated rings. The summed E-state index contributed by atoms with van der Waals surface area (Å²) in [6.45, 7) is 3.37. The number of para-hydroxylation sites is 1. The molecule has 3 atom stereocenters. The van der Waals surface area contributed by atoms with Crippen molar-refractivity contribution >= 4 is 14.0 Å². The Balaban J connectivity index is 1.97. The summed E-state index contributed by atoms with van der Waals surface area (Å²) in [5, 5.41) is 19.6. The average Bonchev–Trinajstić information content (AvgIpc) is 3.34. The molecule has 8 nitrogen and oxygen atoms in total. The van der Waals surface area contributed by atoms with E-state index in [0.29, 0.717) is 28.3 Å². The quantitative estimate of drug-likeness (QED) is 0.309. The maximum atomic E-state index is 13.6. The molecule has 0 amide bonds. The molecule has 0 aliphatic carbocycles. The summed E-state index contributed by atoms with van der Waals surface area (Å²) >= 11 is 0. The molecule has 0 bridgehead atoms. The summed E-state index contributed by atoms with van der Waals surface area (Å²) in [7, 11) is -3.63. The van der Waals surface area contributed by atoms with E-state index in [1.807, 2.05) is 0 Å². The monoisotopic (exact) mass is 524 g/mol. The van der Waals surface area contributed by atoms with Crippen LogP contribution in [0.25, 0.3) is 11.3 Å². The number of ether oxygens (including phenoxy) is 2. The summed E-state index contributed by atoms with van der Waals surface area (Å²) in [6, 6.07) is 14.7. The Morgan fingerprint density at radius 3 is 2.49 bits per heavy atom. The first kappa shape index (κ1) is 26.2. The SMILES string of the molecule is CC(C)C#CC(C(=O)O)([P+](=O)O)C(O)(Cc1ccc(F)cc1)c1cccc(-c2cccc3c2OCO3)n1. The zero-order valence-corrected chi connectivity index (χ0v) is 20.9. The normalized spacial score (nSPS) is 15.8. The van der Waals surface area contributed by atoms with Crippen LogP contribution in [0.15, 0.2) is 60.7 Å². The number of carbonyl (C=O) groups is 1. The van der Waals surface area contributed by atoms with Gasteiger partial charge in [-0.2, -0.15) is 4.89 Å². The number of aromatic nitrogens is 1. The van der Waals surface area contributed by atoms with Gasteiger partial charge in [-0.3, -0.25) is 0 Å². The van der Waals surface area contributed by atoms with E-state index in [1.165, 1.54) is 24.3 Å². The van der Waals surface area contributed by atoms with Gasteiger partial charge in [0.1, 0.15) is 5.82 Å². The molecule has 10 heteroatoms. The fourth-order valence-corrected chi connectivity index (χ4v) is 4.95. The van der Waals surface area contributed by atoms with Crippen LogP contribution in [0.3, 0.4) is 0 Å². The Bertz CT molecular complexity index is 1400. The number of carboxylic acid groups (broad SMARTS) is 1. The number of rotatable bonds is 7. The summed E-state index contributed by atoms with van der Waals surface area (Å²) in [5.41, 5.74) is -1.68. The van der Waals surface area contributed by atoms with Gasteiger partial charge in [-0.1, -0.05) is 44.0 Å². The highest BCUT2D eigenvalue weighted by Crippen LogP contribution is 2.51.